The number of nitrogens with zero attached hydrogens (tertiary/aromatic N) is 5. The highest BCUT2D eigenvalue weighted by Crippen LogP contribution is 2.27. The Kier molecular flexibility index (Phi) is 10.9. The lowest BCUT2D eigenvalue weighted by atomic mass is 9.92. The Bertz CT molecular complexity index is 615. The number of rotatable bonds is 7. The molecule has 172 valence electrons. The Balaban J connectivity index is 0.00000320. The molecule has 30 heavy (non-hydrogen) atoms. The van der Waals surface area contributed by atoms with Gasteiger partial charge in [-0.15, -0.1) is 24.0 Å². The number of piperidine rings is 1. The number of hydrogen-bond donors (Lipinski definition) is 1. The van der Waals surface area contributed by atoms with Crippen molar-refractivity contribution in [2.24, 2.45) is 16.8 Å². The zero-order valence-electron chi connectivity index (χ0n) is 19.2. The lowest BCUT2D eigenvalue weighted by Gasteiger charge is -2.41. The van der Waals surface area contributed by atoms with Crippen molar-refractivity contribution in [1.29, 1.82) is 0 Å². The van der Waals surface area contributed by atoms with E-state index < -0.39 is 0 Å². The van der Waals surface area contributed by atoms with Crippen molar-refractivity contribution in [3.05, 3.63) is 18.7 Å². The number of nitrogens with one attached hydrogen (secondary N) is 1. The molecule has 1 aromatic rings. The minimum Gasteiger partial charge on any atom is -0.379 e. The fourth-order valence-electron chi connectivity index (χ4n) is 4.96. The molecule has 8 heteroatoms. The lowest BCUT2D eigenvalue weighted by Crippen LogP contribution is -2.55. The van der Waals surface area contributed by atoms with Crippen LogP contribution in [0, 0.1) is 11.8 Å². The molecule has 2 aliphatic heterocycles. The second-order valence-corrected chi connectivity index (χ2v) is 8.51. The highest BCUT2D eigenvalue weighted by atomic mass is 127. The minimum absolute atomic E-state index is 0. The first-order chi connectivity index (χ1) is 14.2. The van der Waals surface area contributed by atoms with Crippen LogP contribution in [0.2, 0.25) is 0 Å². The number of halogens is 1. The first-order valence-corrected chi connectivity index (χ1v) is 11.4. The molecular formula is C22H41IN6O. The predicted octanol–water partition coefficient (Wildman–Crippen LogP) is 3.10. The van der Waals surface area contributed by atoms with E-state index in [0.717, 1.165) is 51.9 Å². The zero-order chi connectivity index (χ0) is 20.6. The maximum Gasteiger partial charge on any atom is 0.193 e. The Morgan fingerprint density at radius 2 is 1.97 bits per heavy atom. The van der Waals surface area contributed by atoms with Gasteiger partial charge in [0.15, 0.2) is 5.96 Å². The molecule has 0 amide bonds. The van der Waals surface area contributed by atoms with Crippen molar-refractivity contribution in [3.63, 3.8) is 0 Å². The molecule has 0 aliphatic carbocycles. The van der Waals surface area contributed by atoms with Crippen molar-refractivity contribution in [2.75, 3.05) is 53.0 Å². The Hall–Kier alpha value is -0.870. The van der Waals surface area contributed by atoms with Crippen molar-refractivity contribution in [3.8, 4) is 0 Å². The second-order valence-electron chi connectivity index (χ2n) is 8.51. The molecule has 0 saturated carbocycles. The van der Waals surface area contributed by atoms with Crippen LogP contribution in [0.4, 0.5) is 0 Å². The van der Waals surface area contributed by atoms with Crippen LogP contribution in [0.25, 0.3) is 0 Å². The van der Waals surface area contributed by atoms with Crippen LogP contribution in [0.3, 0.4) is 0 Å². The SMILES string of the molecule is CCC(CC)C(CNC(=NC)N1CCC(C)C(n2ccnc2)C1)N1CCOCC1.I. The summed E-state index contributed by atoms with van der Waals surface area (Å²) in [5.74, 6) is 2.37. The number of aromatic nitrogens is 2. The summed E-state index contributed by atoms with van der Waals surface area (Å²) in [6.45, 7) is 13.7. The van der Waals surface area contributed by atoms with Crippen molar-refractivity contribution in [1.82, 2.24) is 24.7 Å². The van der Waals surface area contributed by atoms with Gasteiger partial charge in [-0.25, -0.2) is 4.98 Å². The summed E-state index contributed by atoms with van der Waals surface area (Å²) in [6, 6.07) is 0.970. The minimum atomic E-state index is 0. The number of morpholine rings is 1. The molecule has 2 saturated heterocycles. The number of ether oxygens (including phenoxy) is 1. The number of guanidine groups is 1. The molecule has 2 fully saturated rings. The maximum absolute atomic E-state index is 5.59. The highest BCUT2D eigenvalue weighted by molar-refractivity contribution is 14.0. The fourth-order valence-corrected chi connectivity index (χ4v) is 4.96. The standard InChI is InChI=1S/C22H40N6O.HI/c1-5-19(6-2)20(26-11-13-29-14-12-26)15-25-22(23-4)27-9-7-18(3)21(16-27)28-10-8-24-17-28;/h8,10,17-21H,5-7,9,11-16H2,1-4H3,(H,23,25);1H. The summed E-state index contributed by atoms with van der Waals surface area (Å²) >= 11 is 0. The summed E-state index contributed by atoms with van der Waals surface area (Å²) in [5.41, 5.74) is 0. The number of aliphatic imine (C=N–C) groups is 1. The predicted molar refractivity (Wildman–Crippen MR) is 134 cm³/mol. The Morgan fingerprint density at radius 1 is 1.23 bits per heavy atom. The van der Waals surface area contributed by atoms with Gasteiger partial charge in [0.2, 0.25) is 0 Å². The van der Waals surface area contributed by atoms with Gasteiger partial charge >= 0.3 is 0 Å². The van der Waals surface area contributed by atoms with Crippen LogP contribution >= 0.6 is 24.0 Å². The molecule has 2 aliphatic rings. The average molecular weight is 533 g/mol. The topological polar surface area (TPSA) is 57.9 Å². The molecule has 1 aromatic heterocycles. The van der Waals surface area contributed by atoms with Gasteiger partial charge in [0.05, 0.1) is 25.6 Å². The quantitative estimate of drug-likeness (QED) is 0.333. The summed E-state index contributed by atoms with van der Waals surface area (Å²) in [6.07, 6.45) is 9.50. The van der Waals surface area contributed by atoms with Gasteiger partial charge in [-0.05, 0) is 18.3 Å². The van der Waals surface area contributed by atoms with E-state index in [1.807, 2.05) is 19.6 Å². The van der Waals surface area contributed by atoms with Crippen LogP contribution in [-0.2, 0) is 4.74 Å². The monoisotopic (exact) mass is 532 g/mol. The van der Waals surface area contributed by atoms with Crippen LogP contribution in [-0.4, -0.2) is 84.3 Å². The molecule has 3 unspecified atom stereocenters. The Morgan fingerprint density at radius 3 is 2.57 bits per heavy atom. The molecule has 0 radical (unpaired) electrons. The summed E-state index contributed by atoms with van der Waals surface area (Å²) < 4.78 is 7.85. The molecule has 3 heterocycles. The van der Waals surface area contributed by atoms with Crippen LogP contribution in [0.5, 0.6) is 0 Å². The van der Waals surface area contributed by atoms with Gasteiger partial charge in [-0.2, -0.15) is 0 Å². The molecule has 1 N–H and O–H groups in total. The molecular weight excluding hydrogens is 491 g/mol. The van der Waals surface area contributed by atoms with Crippen molar-refractivity contribution >= 4 is 29.9 Å². The zero-order valence-corrected chi connectivity index (χ0v) is 21.5. The molecule has 0 spiro atoms. The molecule has 7 nitrogen and oxygen atoms in total. The van der Waals surface area contributed by atoms with E-state index in [2.05, 4.69) is 56.6 Å². The second kappa shape index (κ2) is 12.9. The number of hydrogen-bond acceptors (Lipinski definition) is 4. The van der Waals surface area contributed by atoms with E-state index in [4.69, 9.17) is 4.74 Å². The van der Waals surface area contributed by atoms with Gasteiger partial charge in [0.25, 0.3) is 0 Å². The van der Waals surface area contributed by atoms with Crippen LogP contribution in [0.15, 0.2) is 23.7 Å². The van der Waals surface area contributed by atoms with Crippen molar-refractivity contribution in [2.45, 2.75) is 52.1 Å². The summed E-state index contributed by atoms with van der Waals surface area (Å²) in [7, 11) is 1.91. The fraction of sp³-hybridized carbons (Fsp3) is 0.818. The third kappa shape index (κ3) is 6.32. The van der Waals surface area contributed by atoms with E-state index >= 15 is 0 Å². The molecule has 0 aromatic carbocycles. The highest BCUT2D eigenvalue weighted by Gasteiger charge is 2.31. The maximum atomic E-state index is 5.59. The molecule has 0 bridgehead atoms. The van der Waals surface area contributed by atoms with E-state index in [-0.39, 0.29) is 24.0 Å². The van der Waals surface area contributed by atoms with Gasteiger partial charge in [-0.1, -0.05) is 33.6 Å². The third-order valence-electron chi connectivity index (χ3n) is 6.91. The van der Waals surface area contributed by atoms with Gasteiger partial charge in [0, 0.05) is 58.2 Å². The lowest BCUT2D eigenvalue weighted by molar-refractivity contribution is 0.00253. The van der Waals surface area contributed by atoms with E-state index in [9.17, 15) is 0 Å². The smallest absolute Gasteiger partial charge is 0.193 e. The van der Waals surface area contributed by atoms with Crippen molar-refractivity contribution < 1.29 is 4.74 Å². The van der Waals surface area contributed by atoms with Crippen LogP contribution < -0.4 is 5.32 Å². The van der Waals surface area contributed by atoms with Gasteiger partial charge < -0.3 is 19.5 Å². The van der Waals surface area contributed by atoms with E-state index in [0.29, 0.717) is 23.9 Å². The normalized spacial score (nSPS) is 24.6. The summed E-state index contributed by atoms with van der Waals surface area (Å²) in [4.78, 5) is 13.9. The van der Waals surface area contributed by atoms with Gasteiger partial charge in [-0.3, -0.25) is 9.89 Å². The summed E-state index contributed by atoms with van der Waals surface area (Å²) in [5, 5.41) is 3.73. The van der Waals surface area contributed by atoms with E-state index in [1.54, 1.807) is 0 Å². The Labute approximate surface area is 199 Å². The third-order valence-corrected chi connectivity index (χ3v) is 6.91. The van der Waals surface area contributed by atoms with Crippen LogP contribution in [0.1, 0.15) is 46.1 Å². The first kappa shape index (κ1) is 25.4. The number of likely N-dealkylation sites (tertiary alicyclic amines) is 1. The first-order valence-electron chi connectivity index (χ1n) is 11.4. The molecule has 3 rings (SSSR count). The largest absolute Gasteiger partial charge is 0.379 e. The van der Waals surface area contributed by atoms with E-state index in [1.165, 1.54) is 19.3 Å². The molecule has 3 atom stereocenters. The average Bonchev–Trinajstić information content (AvgIpc) is 3.29. The van der Waals surface area contributed by atoms with Gasteiger partial charge in [0.1, 0.15) is 0 Å². The number of imidazole rings is 1.